The van der Waals surface area contributed by atoms with Gasteiger partial charge in [-0.25, -0.2) is 9.18 Å². The smallest absolute Gasteiger partial charge is 0.348 e. The third-order valence-corrected chi connectivity index (χ3v) is 2.32. The van der Waals surface area contributed by atoms with Crippen molar-refractivity contribution in [2.45, 2.75) is 6.92 Å². The Bertz CT molecular complexity index is 663. The predicted octanol–water partition coefficient (Wildman–Crippen LogP) is 2.24. The average Bonchev–Trinajstić information content (AvgIpc) is 2.34. The number of nitrogens with zero attached hydrogens (tertiary/aromatic N) is 1. The number of aryl methyl sites for hydroxylation is 1. The van der Waals surface area contributed by atoms with E-state index < -0.39 is 5.63 Å². The summed E-state index contributed by atoms with van der Waals surface area (Å²) in [4.78, 5) is 11.5. The van der Waals surface area contributed by atoms with Crippen LogP contribution >= 0.6 is 0 Å². The fourth-order valence-corrected chi connectivity index (χ4v) is 1.42. The SMILES string of the molecule is Cc1cc(O)c(/C=N\Nc2ccc(F)cc2)c(=O)o1. The highest BCUT2D eigenvalue weighted by molar-refractivity contribution is 5.83. The Hall–Kier alpha value is -2.63. The zero-order chi connectivity index (χ0) is 13.8. The van der Waals surface area contributed by atoms with Crippen molar-refractivity contribution in [2.24, 2.45) is 5.10 Å². The molecule has 2 N–H and O–H groups in total. The molecule has 6 heteroatoms. The lowest BCUT2D eigenvalue weighted by molar-refractivity contribution is 0.433. The molecule has 1 heterocycles. The molecule has 0 spiro atoms. The van der Waals surface area contributed by atoms with E-state index >= 15 is 0 Å². The molecule has 19 heavy (non-hydrogen) atoms. The molecule has 0 unspecified atom stereocenters. The second kappa shape index (κ2) is 5.34. The molecule has 0 amide bonds. The van der Waals surface area contributed by atoms with Gasteiger partial charge in [-0.15, -0.1) is 0 Å². The highest BCUT2D eigenvalue weighted by Gasteiger charge is 2.06. The highest BCUT2D eigenvalue weighted by Crippen LogP contribution is 2.12. The lowest BCUT2D eigenvalue weighted by Gasteiger charge is -2.00. The van der Waals surface area contributed by atoms with E-state index in [2.05, 4.69) is 10.5 Å². The largest absolute Gasteiger partial charge is 0.507 e. The summed E-state index contributed by atoms with van der Waals surface area (Å²) in [5, 5.41) is 13.4. The van der Waals surface area contributed by atoms with E-state index in [0.717, 1.165) is 6.21 Å². The zero-order valence-corrected chi connectivity index (χ0v) is 10.1. The van der Waals surface area contributed by atoms with Crippen LogP contribution in [-0.4, -0.2) is 11.3 Å². The Labute approximate surface area is 108 Å². The van der Waals surface area contributed by atoms with E-state index in [4.69, 9.17) is 4.42 Å². The van der Waals surface area contributed by atoms with Crippen LogP contribution in [0.25, 0.3) is 0 Å². The van der Waals surface area contributed by atoms with Crippen LogP contribution in [0.15, 0.2) is 44.6 Å². The van der Waals surface area contributed by atoms with Crippen molar-refractivity contribution in [1.29, 1.82) is 0 Å². The number of hydrogen-bond donors (Lipinski definition) is 2. The molecule has 5 nitrogen and oxygen atoms in total. The second-order valence-corrected chi connectivity index (χ2v) is 3.82. The quantitative estimate of drug-likeness (QED) is 0.657. The van der Waals surface area contributed by atoms with Gasteiger partial charge < -0.3 is 9.52 Å². The summed E-state index contributed by atoms with van der Waals surface area (Å²) >= 11 is 0. The number of rotatable bonds is 3. The number of anilines is 1. The van der Waals surface area contributed by atoms with Gasteiger partial charge in [0.1, 0.15) is 22.9 Å². The molecular formula is C13H11FN2O3. The maximum absolute atomic E-state index is 12.7. The minimum absolute atomic E-state index is 0.0554. The monoisotopic (exact) mass is 262 g/mol. The number of aromatic hydroxyl groups is 1. The van der Waals surface area contributed by atoms with Gasteiger partial charge in [-0.3, -0.25) is 5.43 Å². The van der Waals surface area contributed by atoms with E-state index in [9.17, 15) is 14.3 Å². The van der Waals surface area contributed by atoms with Crippen LogP contribution in [-0.2, 0) is 0 Å². The summed E-state index contributed by atoms with van der Waals surface area (Å²) in [6, 6.07) is 6.85. The van der Waals surface area contributed by atoms with Gasteiger partial charge in [-0.1, -0.05) is 0 Å². The summed E-state index contributed by atoms with van der Waals surface area (Å²) in [6.07, 6.45) is 1.14. The number of halogens is 1. The summed E-state index contributed by atoms with van der Waals surface area (Å²) in [5.41, 5.74) is 2.42. The molecule has 0 radical (unpaired) electrons. The lowest BCUT2D eigenvalue weighted by Crippen LogP contribution is -2.08. The van der Waals surface area contributed by atoms with Gasteiger partial charge in [0.05, 0.1) is 11.9 Å². The van der Waals surface area contributed by atoms with Crippen molar-refractivity contribution in [3.8, 4) is 5.75 Å². The molecule has 0 aliphatic heterocycles. The zero-order valence-electron chi connectivity index (χ0n) is 10.1. The van der Waals surface area contributed by atoms with Gasteiger partial charge in [0, 0.05) is 6.07 Å². The Morgan fingerprint density at radius 2 is 2.05 bits per heavy atom. The first-order valence-electron chi connectivity index (χ1n) is 5.44. The van der Waals surface area contributed by atoms with Crippen molar-refractivity contribution in [2.75, 3.05) is 5.43 Å². The van der Waals surface area contributed by atoms with Crippen molar-refractivity contribution in [1.82, 2.24) is 0 Å². The summed E-state index contributed by atoms with van der Waals surface area (Å²) in [5.74, 6) is -0.254. The summed E-state index contributed by atoms with van der Waals surface area (Å²) in [7, 11) is 0. The van der Waals surface area contributed by atoms with Crippen LogP contribution in [0.4, 0.5) is 10.1 Å². The normalized spacial score (nSPS) is 10.8. The number of hydrazone groups is 1. The van der Waals surface area contributed by atoms with Crippen LogP contribution in [0.3, 0.4) is 0 Å². The van der Waals surface area contributed by atoms with Gasteiger partial charge in [-0.2, -0.15) is 5.10 Å². The molecule has 1 aromatic carbocycles. The van der Waals surface area contributed by atoms with Crippen LogP contribution < -0.4 is 11.1 Å². The first kappa shape index (κ1) is 12.8. The molecule has 0 fully saturated rings. The maximum Gasteiger partial charge on any atom is 0.348 e. The number of hydrogen-bond acceptors (Lipinski definition) is 5. The molecule has 0 aliphatic carbocycles. The first-order chi connectivity index (χ1) is 9.06. The van der Waals surface area contributed by atoms with Crippen molar-refractivity contribution >= 4 is 11.9 Å². The van der Waals surface area contributed by atoms with Crippen LogP contribution in [0.2, 0.25) is 0 Å². The van der Waals surface area contributed by atoms with Crippen LogP contribution in [0.5, 0.6) is 5.75 Å². The molecule has 0 aliphatic rings. The standard InChI is InChI=1S/C13H11FN2O3/c1-8-6-12(17)11(13(18)19-8)7-15-16-10-4-2-9(14)3-5-10/h2-7,16-17H,1H3/b15-7-. The van der Waals surface area contributed by atoms with Crippen molar-refractivity contribution < 1.29 is 13.9 Å². The fourth-order valence-electron chi connectivity index (χ4n) is 1.42. The highest BCUT2D eigenvalue weighted by atomic mass is 19.1. The minimum atomic E-state index is -0.679. The third-order valence-electron chi connectivity index (χ3n) is 2.32. The minimum Gasteiger partial charge on any atom is -0.507 e. The lowest BCUT2D eigenvalue weighted by atomic mass is 10.2. The Kier molecular flexibility index (Phi) is 3.61. The van der Waals surface area contributed by atoms with E-state index in [1.165, 1.54) is 30.3 Å². The Morgan fingerprint density at radius 3 is 2.68 bits per heavy atom. The maximum atomic E-state index is 12.7. The van der Waals surface area contributed by atoms with Crippen molar-refractivity contribution in [3.05, 3.63) is 57.9 Å². The predicted molar refractivity (Wildman–Crippen MR) is 69.0 cm³/mol. The number of nitrogens with one attached hydrogen (secondary N) is 1. The van der Waals surface area contributed by atoms with Gasteiger partial charge in [0.2, 0.25) is 0 Å². The topological polar surface area (TPSA) is 74.8 Å². The van der Waals surface area contributed by atoms with E-state index in [0.29, 0.717) is 11.4 Å². The van der Waals surface area contributed by atoms with E-state index in [1.807, 2.05) is 0 Å². The molecule has 0 atom stereocenters. The molecule has 0 saturated heterocycles. The second-order valence-electron chi connectivity index (χ2n) is 3.82. The van der Waals surface area contributed by atoms with E-state index in [1.54, 1.807) is 6.92 Å². The molecule has 0 bridgehead atoms. The molecule has 2 rings (SSSR count). The molecule has 98 valence electrons. The van der Waals surface area contributed by atoms with Crippen LogP contribution in [0.1, 0.15) is 11.3 Å². The average molecular weight is 262 g/mol. The van der Waals surface area contributed by atoms with Gasteiger partial charge in [0.15, 0.2) is 0 Å². The Balaban J connectivity index is 2.15. The summed E-state index contributed by atoms with van der Waals surface area (Å²) in [6.45, 7) is 1.55. The number of benzene rings is 1. The van der Waals surface area contributed by atoms with Crippen LogP contribution in [0, 0.1) is 12.7 Å². The molecule has 0 saturated carbocycles. The van der Waals surface area contributed by atoms with E-state index in [-0.39, 0.29) is 17.1 Å². The van der Waals surface area contributed by atoms with Gasteiger partial charge in [0.25, 0.3) is 0 Å². The molecule has 1 aromatic heterocycles. The first-order valence-corrected chi connectivity index (χ1v) is 5.44. The van der Waals surface area contributed by atoms with Gasteiger partial charge >= 0.3 is 5.63 Å². The third kappa shape index (κ3) is 3.19. The van der Waals surface area contributed by atoms with Crippen molar-refractivity contribution in [3.63, 3.8) is 0 Å². The van der Waals surface area contributed by atoms with Gasteiger partial charge in [-0.05, 0) is 31.2 Å². The molecule has 2 aromatic rings. The fraction of sp³-hybridized carbons (Fsp3) is 0.0769. The Morgan fingerprint density at radius 1 is 1.37 bits per heavy atom. The molecular weight excluding hydrogens is 251 g/mol. The summed E-state index contributed by atoms with van der Waals surface area (Å²) < 4.78 is 17.5.